The Morgan fingerprint density at radius 3 is 2.76 bits per heavy atom. The normalized spacial score (nSPS) is 32.9. The lowest BCUT2D eigenvalue weighted by Gasteiger charge is -2.32. The molecule has 5 heteroatoms. The molecule has 5 nitrogen and oxygen atoms in total. The van der Waals surface area contributed by atoms with Gasteiger partial charge in [0.1, 0.15) is 5.75 Å². The molecule has 1 amide bonds. The zero-order valence-corrected chi connectivity index (χ0v) is 14.9. The molecule has 1 aromatic rings. The van der Waals surface area contributed by atoms with E-state index in [0.717, 1.165) is 37.9 Å². The van der Waals surface area contributed by atoms with Gasteiger partial charge in [-0.25, -0.2) is 0 Å². The van der Waals surface area contributed by atoms with Gasteiger partial charge in [-0.1, -0.05) is 12.1 Å². The first-order valence-corrected chi connectivity index (χ1v) is 9.52. The molecule has 25 heavy (non-hydrogen) atoms. The molecule has 1 saturated heterocycles. The molecule has 2 N–H and O–H groups in total. The van der Waals surface area contributed by atoms with E-state index < -0.39 is 0 Å². The Bertz CT molecular complexity index is 640. The fourth-order valence-corrected chi connectivity index (χ4v) is 4.68. The van der Waals surface area contributed by atoms with Gasteiger partial charge in [0.15, 0.2) is 6.61 Å². The van der Waals surface area contributed by atoms with Crippen LogP contribution in [-0.4, -0.2) is 48.8 Å². The Hall–Kier alpha value is -1.59. The van der Waals surface area contributed by atoms with Crippen molar-refractivity contribution in [3.63, 3.8) is 0 Å². The summed E-state index contributed by atoms with van der Waals surface area (Å²) in [5.74, 6) is 1.38. The number of carbonyl (C=O) groups excluding carboxylic acids is 1. The van der Waals surface area contributed by atoms with Crippen molar-refractivity contribution < 1.29 is 14.3 Å². The summed E-state index contributed by atoms with van der Waals surface area (Å²) in [5, 5.41) is 0. The molecule has 4 aliphatic rings. The van der Waals surface area contributed by atoms with Crippen LogP contribution in [0, 0.1) is 6.92 Å². The molecule has 0 radical (unpaired) electrons. The Labute approximate surface area is 149 Å². The highest BCUT2D eigenvalue weighted by atomic mass is 16.5. The molecule has 2 fully saturated rings. The number of nitrogens with two attached hydrogens (primary N) is 1. The van der Waals surface area contributed by atoms with E-state index in [2.05, 4.69) is 13.0 Å². The van der Waals surface area contributed by atoms with Gasteiger partial charge in [-0.05, 0) is 56.6 Å². The topological polar surface area (TPSA) is 64.8 Å². The van der Waals surface area contributed by atoms with Gasteiger partial charge in [0, 0.05) is 18.2 Å². The van der Waals surface area contributed by atoms with Gasteiger partial charge in [-0.2, -0.15) is 0 Å². The molecule has 1 aromatic carbocycles. The minimum absolute atomic E-state index is 0.0000483. The van der Waals surface area contributed by atoms with Crippen molar-refractivity contribution in [1.82, 2.24) is 4.90 Å². The predicted molar refractivity (Wildman–Crippen MR) is 95.7 cm³/mol. The average Bonchev–Trinajstić information content (AvgIpc) is 2.99. The van der Waals surface area contributed by atoms with Crippen molar-refractivity contribution in [2.75, 3.05) is 19.8 Å². The number of ether oxygens (including phenoxy) is 2. The highest BCUT2D eigenvalue weighted by Crippen LogP contribution is 2.40. The number of nitrogens with zero attached hydrogens (tertiary/aromatic N) is 1. The van der Waals surface area contributed by atoms with Crippen LogP contribution >= 0.6 is 0 Å². The van der Waals surface area contributed by atoms with Crippen LogP contribution in [0.5, 0.6) is 5.75 Å². The quantitative estimate of drug-likeness (QED) is 0.785. The maximum absolute atomic E-state index is 12.7. The lowest BCUT2D eigenvalue weighted by Crippen LogP contribution is -2.47. The first-order valence-electron chi connectivity index (χ1n) is 9.52. The molecule has 0 aromatic heterocycles. The van der Waals surface area contributed by atoms with Crippen LogP contribution in [0.1, 0.15) is 49.1 Å². The van der Waals surface area contributed by atoms with Gasteiger partial charge in [0.05, 0.1) is 18.8 Å². The number of aryl methyl sites for hydroxylation is 1. The third-order valence-electron chi connectivity index (χ3n) is 6.14. The maximum atomic E-state index is 12.7. The molecule has 2 bridgehead atoms. The molecular formula is C20H28N2O3. The minimum Gasteiger partial charge on any atom is -0.483 e. The monoisotopic (exact) mass is 344 g/mol. The summed E-state index contributed by atoms with van der Waals surface area (Å²) in [6.07, 6.45) is 5.47. The Balaban J connectivity index is 1.64. The van der Waals surface area contributed by atoms with Gasteiger partial charge in [0.2, 0.25) is 0 Å². The number of carbonyl (C=O) groups is 1. The summed E-state index contributed by atoms with van der Waals surface area (Å²) >= 11 is 0. The fraction of sp³-hybridized carbons (Fsp3) is 0.650. The summed E-state index contributed by atoms with van der Waals surface area (Å²) in [4.78, 5) is 14.6. The highest BCUT2D eigenvalue weighted by molar-refractivity contribution is 5.78. The van der Waals surface area contributed by atoms with Gasteiger partial charge in [-0.3, -0.25) is 4.79 Å². The van der Waals surface area contributed by atoms with Gasteiger partial charge < -0.3 is 20.1 Å². The van der Waals surface area contributed by atoms with E-state index in [1.165, 1.54) is 11.1 Å². The van der Waals surface area contributed by atoms with Gasteiger partial charge in [-0.15, -0.1) is 0 Å². The van der Waals surface area contributed by atoms with E-state index >= 15 is 0 Å². The van der Waals surface area contributed by atoms with Crippen LogP contribution in [0.25, 0.3) is 0 Å². The standard InChI is InChI=1S/C20H28N2O3/c1-13-3-2-4-18-20(13)14-5-7-15(8-6-14)24-11-17-16(21)9-10-22(17)19(23)12-25-18/h2-4,14-17H,5-12,21H2,1H3/t14-,15+,16-,17-/m0/s1. The fourth-order valence-electron chi connectivity index (χ4n) is 4.68. The van der Waals surface area contributed by atoms with Crippen molar-refractivity contribution >= 4 is 5.91 Å². The molecule has 1 aliphatic carbocycles. The summed E-state index contributed by atoms with van der Waals surface area (Å²) in [6, 6.07) is 6.14. The largest absolute Gasteiger partial charge is 0.483 e. The van der Waals surface area contributed by atoms with Crippen LogP contribution in [0.15, 0.2) is 18.2 Å². The van der Waals surface area contributed by atoms with E-state index in [4.69, 9.17) is 15.2 Å². The molecule has 136 valence electrons. The number of amides is 1. The Morgan fingerprint density at radius 2 is 1.96 bits per heavy atom. The second-order valence-corrected chi connectivity index (χ2v) is 7.69. The number of hydrogen-bond acceptors (Lipinski definition) is 4. The third-order valence-corrected chi connectivity index (χ3v) is 6.14. The summed E-state index contributed by atoms with van der Waals surface area (Å²) in [6.45, 7) is 3.47. The zero-order chi connectivity index (χ0) is 17.4. The summed E-state index contributed by atoms with van der Waals surface area (Å²) in [5.41, 5.74) is 8.78. The second kappa shape index (κ2) is 6.96. The molecule has 0 spiro atoms. The average molecular weight is 344 g/mol. The van der Waals surface area contributed by atoms with Crippen molar-refractivity contribution in [1.29, 1.82) is 0 Å². The maximum Gasteiger partial charge on any atom is 0.260 e. The summed E-state index contributed by atoms with van der Waals surface area (Å²) in [7, 11) is 0. The summed E-state index contributed by atoms with van der Waals surface area (Å²) < 4.78 is 12.2. The van der Waals surface area contributed by atoms with Crippen molar-refractivity contribution in [2.45, 2.75) is 63.1 Å². The van der Waals surface area contributed by atoms with E-state index in [1.807, 2.05) is 17.0 Å². The molecule has 5 rings (SSSR count). The van der Waals surface area contributed by atoms with Crippen molar-refractivity contribution in [2.24, 2.45) is 5.73 Å². The van der Waals surface area contributed by atoms with E-state index in [0.29, 0.717) is 19.1 Å². The van der Waals surface area contributed by atoms with Crippen LogP contribution < -0.4 is 10.5 Å². The molecule has 2 atom stereocenters. The first-order chi connectivity index (χ1) is 12.1. The minimum atomic E-state index is -0.0217. The molecule has 1 saturated carbocycles. The van der Waals surface area contributed by atoms with Crippen molar-refractivity contribution in [3.05, 3.63) is 29.3 Å². The first kappa shape index (κ1) is 16.9. The lowest BCUT2D eigenvalue weighted by molar-refractivity contribution is -0.136. The lowest BCUT2D eigenvalue weighted by atomic mass is 9.80. The molecular weight excluding hydrogens is 316 g/mol. The van der Waals surface area contributed by atoms with Gasteiger partial charge >= 0.3 is 0 Å². The number of hydrogen-bond donors (Lipinski definition) is 1. The number of benzene rings is 1. The van der Waals surface area contributed by atoms with E-state index in [9.17, 15) is 4.79 Å². The number of rotatable bonds is 0. The predicted octanol–water partition coefficient (Wildman–Crippen LogP) is 2.36. The van der Waals surface area contributed by atoms with Crippen LogP contribution in [-0.2, 0) is 9.53 Å². The third kappa shape index (κ3) is 3.27. The number of fused-ring (bicyclic) bond motifs is 5. The van der Waals surface area contributed by atoms with E-state index in [1.54, 1.807) is 0 Å². The van der Waals surface area contributed by atoms with Crippen LogP contribution in [0.4, 0.5) is 0 Å². The zero-order valence-electron chi connectivity index (χ0n) is 14.9. The highest BCUT2D eigenvalue weighted by Gasteiger charge is 2.37. The van der Waals surface area contributed by atoms with Crippen molar-refractivity contribution in [3.8, 4) is 5.75 Å². The molecule has 3 aliphatic heterocycles. The Kier molecular flexibility index (Phi) is 4.69. The molecule has 3 heterocycles. The smallest absolute Gasteiger partial charge is 0.260 e. The van der Waals surface area contributed by atoms with Crippen LogP contribution in [0.3, 0.4) is 0 Å². The van der Waals surface area contributed by atoms with E-state index in [-0.39, 0.29) is 30.7 Å². The SMILES string of the molecule is Cc1cccc2c1[C@H]1CC[C@H](CC1)OC[C@H]1[C@@H](N)CCN1C(=O)CO2. The Morgan fingerprint density at radius 1 is 1.16 bits per heavy atom. The van der Waals surface area contributed by atoms with Gasteiger partial charge in [0.25, 0.3) is 5.91 Å². The van der Waals surface area contributed by atoms with Crippen LogP contribution in [0.2, 0.25) is 0 Å². The molecule has 0 unspecified atom stereocenters. The second-order valence-electron chi connectivity index (χ2n) is 7.69.